The molecule has 0 amide bonds. The maximum Gasteiger partial charge on any atom is 0.318 e. The Kier molecular flexibility index (Phi) is 3.52. The lowest BCUT2D eigenvalue weighted by molar-refractivity contribution is 0.300. The normalized spacial score (nSPS) is 20.2. The zero-order valence-corrected chi connectivity index (χ0v) is 11.6. The van der Waals surface area contributed by atoms with Crippen LogP contribution in [0.5, 0.6) is 6.01 Å². The van der Waals surface area contributed by atoms with Gasteiger partial charge in [0.2, 0.25) is 0 Å². The first-order valence-corrected chi connectivity index (χ1v) is 6.86. The molecule has 1 saturated heterocycles. The average molecular weight is 263 g/mol. The third-order valence-electron chi connectivity index (χ3n) is 3.81. The van der Waals surface area contributed by atoms with Crippen molar-refractivity contribution in [3.63, 3.8) is 0 Å². The summed E-state index contributed by atoms with van der Waals surface area (Å²) in [4.78, 5) is 13.8. The van der Waals surface area contributed by atoms with Crippen LogP contribution in [0.3, 0.4) is 0 Å². The minimum atomic E-state index is 0.489. The third-order valence-corrected chi connectivity index (χ3v) is 3.81. The lowest BCUT2D eigenvalue weighted by Crippen LogP contribution is -2.45. The van der Waals surface area contributed by atoms with Gasteiger partial charge in [-0.15, -0.1) is 0 Å². The number of fused-ring (bicyclic) bond motifs is 1. The van der Waals surface area contributed by atoms with Crippen LogP contribution < -0.4 is 15.0 Å². The van der Waals surface area contributed by atoms with Gasteiger partial charge in [0.05, 0.1) is 12.8 Å². The van der Waals surface area contributed by atoms with Crippen molar-refractivity contribution in [1.29, 1.82) is 0 Å². The topological polar surface area (TPSA) is 53.5 Å². The van der Waals surface area contributed by atoms with Crippen molar-refractivity contribution < 1.29 is 4.74 Å². The van der Waals surface area contributed by atoms with Crippen LogP contribution in [0.1, 0.15) is 11.3 Å². The highest BCUT2D eigenvalue weighted by Gasteiger charge is 2.24. The maximum absolute atomic E-state index is 5.26. The van der Waals surface area contributed by atoms with Crippen LogP contribution in [0.2, 0.25) is 0 Å². The zero-order chi connectivity index (χ0) is 13.2. The molecule has 0 aromatic carbocycles. The summed E-state index contributed by atoms with van der Waals surface area (Å²) in [6, 6.07) is 0.489. The van der Waals surface area contributed by atoms with Crippen LogP contribution in [0.4, 0.5) is 5.82 Å². The average Bonchev–Trinajstić information content (AvgIpc) is 2.46. The first kappa shape index (κ1) is 12.6. The molecule has 2 aliphatic rings. The fraction of sp³-hybridized carbons (Fsp3) is 0.692. The number of rotatable bonds is 2. The van der Waals surface area contributed by atoms with Crippen molar-refractivity contribution >= 4 is 5.82 Å². The second-order valence-electron chi connectivity index (χ2n) is 5.18. The molecule has 19 heavy (non-hydrogen) atoms. The van der Waals surface area contributed by atoms with E-state index in [1.165, 1.54) is 5.56 Å². The number of ether oxygens (including phenoxy) is 1. The molecule has 0 spiro atoms. The third kappa shape index (κ3) is 2.50. The second kappa shape index (κ2) is 5.30. The van der Waals surface area contributed by atoms with E-state index in [4.69, 9.17) is 4.74 Å². The number of hydrogen-bond acceptors (Lipinski definition) is 6. The second-order valence-corrected chi connectivity index (χ2v) is 5.18. The Morgan fingerprint density at radius 1 is 1.16 bits per heavy atom. The number of hydrogen-bond donors (Lipinski definition) is 1. The Hall–Kier alpha value is -1.40. The van der Waals surface area contributed by atoms with E-state index in [0.717, 1.165) is 57.2 Å². The van der Waals surface area contributed by atoms with Gasteiger partial charge in [0, 0.05) is 44.8 Å². The summed E-state index contributed by atoms with van der Waals surface area (Å²) >= 11 is 0. The molecule has 0 saturated carbocycles. The van der Waals surface area contributed by atoms with E-state index >= 15 is 0 Å². The van der Waals surface area contributed by atoms with Gasteiger partial charge in [-0.1, -0.05) is 0 Å². The van der Waals surface area contributed by atoms with Crippen molar-refractivity contribution in [3.05, 3.63) is 11.3 Å². The van der Waals surface area contributed by atoms with Crippen molar-refractivity contribution in [3.8, 4) is 6.01 Å². The van der Waals surface area contributed by atoms with Crippen LogP contribution >= 0.6 is 0 Å². The number of likely N-dealkylation sites (N-methyl/N-ethyl adjacent to an activating group) is 1. The highest BCUT2D eigenvalue weighted by atomic mass is 16.5. The molecule has 104 valence electrons. The standard InChI is InChI=1S/C13H21N5O/c1-17-6-3-10-11(9-17)15-13(19-2)16-12(10)18-7-4-14-5-8-18/h14H,3-9H2,1-2H3. The lowest BCUT2D eigenvalue weighted by Gasteiger charge is -2.33. The van der Waals surface area contributed by atoms with E-state index < -0.39 is 0 Å². The molecular formula is C13H21N5O. The van der Waals surface area contributed by atoms with Gasteiger partial charge in [-0.05, 0) is 13.5 Å². The van der Waals surface area contributed by atoms with E-state index in [9.17, 15) is 0 Å². The zero-order valence-electron chi connectivity index (χ0n) is 11.6. The van der Waals surface area contributed by atoms with Crippen LogP contribution in [-0.4, -0.2) is 61.7 Å². The predicted octanol–water partition coefficient (Wildman–Crippen LogP) is -0.117. The van der Waals surface area contributed by atoms with E-state index in [1.54, 1.807) is 7.11 Å². The number of anilines is 1. The Labute approximate surface area is 113 Å². The van der Waals surface area contributed by atoms with Gasteiger partial charge in [-0.3, -0.25) is 0 Å². The fourth-order valence-corrected chi connectivity index (χ4v) is 2.75. The molecule has 2 aliphatic heterocycles. The molecule has 1 aromatic rings. The summed E-state index contributed by atoms with van der Waals surface area (Å²) in [5.74, 6) is 1.08. The van der Waals surface area contributed by atoms with Gasteiger partial charge in [0.1, 0.15) is 5.82 Å². The fourth-order valence-electron chi connectivity index (χ4n) is 2.75. The molecule has 0 unspecified atom stereocenters. The van der Waals surface area contributed by atoms with Crippen LogP contribution in [0.15, 0.2) is 0 Å². The summed E-state index contributed by atoms with van der Waals surface area (Å²) in [6.07, 6.45) is 1.02. The van der Waals surface area contributed by atoms with Gasteiger partial charge in [-0.25, -0.2) is 0 Å². The highest BCUT2D eigenvalue weighted by Crippen LogP contribution is 2.28. The predicted molar refractivity (Wildman–Crippen MR) is 73.7 cm³/mol. The Bertz CT molecular complexity index is 459. The molecule has 1 aromatic heterocycles. The Balaban J connectivity index is 1.99. The summed E-state index contributed by atoms with van der Waals surface area (Å²) in [7, 11) is 3.76. The summed E-state index contributed by atoms with van der Waals surface area (Å²) < 4.78 is 5.26. The molecule has 0 aliphatic carbocycles. The van der Waals surface area contributed by atoms with Crippen LogP contribution in [-0.2, 0) is 13.0 Å². The number of nitrogens with zero attached hydrogens (tertiary/aromatic N) is 4. The van der Waals surface area contributed by atoms with E-state index in [-0.39, 0.29) is 0 Å². The van der Waals surface area contributed by atoms with Gasteiger partial charge >= 0.3 is 6.01 Å². The minimum absolute atomic E-state index is 0.489. The summed E-state index contributed by atoms with van der Waals surface area (Å²) in [5.41, 5.74) is 2.43. The van der Waals surface area contributed by atoms with Crippen molar-refractivity contribution in [2.24, 2.45) is 0 Å². The van der Waals surface area contributed by atoms with Crippen molar-refractivity contribution in [1.82, 2.24) is 20.2 Å². The first-order chi connectivity index (χ1) is 9.28. The van der Waals surface area contributed by atoms with Gasteiger partial charge in [0.15, 0.2) is 0 Å². The lowest BCUT2D eigenvalue weighted by atomic mass is 10.1. The smallest absolute Gasteiger partial charge is 0.318 e. The van der Waals surface area contributed by atoms with E-state index in [1.807, 2.05) is 0 Å². The SMILES string of the molecule is COc1nc2c(c(N3CCNCC3)n1)CCN(C)C2. The van der Waals surface area contributed by atoms with Crippen molar-refractivity contribution in [2.75, 3.05) is 51.8 Å². The molecule has 3 heterocycles. The molecule has 1 N–H and O–H groups in total. The highest BCUT2D eigenvalue weighted by molar-refractivity contribution is 5.51. The van der Waals surface area contributed by atoms with Crippen LogP contribution in [0, 0.1) is 0 Å². The molecular weight excluding hydrogens is 242 g/mol. The number of aromatic nitrogens is 2. The van der Waals surface area contributed by atoms with Crippen molar-refractivity contribution in [2.45, 2.75) is 13.0 Å². The minimum Gasteiger partial charge on any atom is -0.467 e. The molecule has 0 atom stereocenters. The molecule has 3 rings (SSSR count). The van der Waals surface area contributed by atoms with E-state index in [2.05, 4.69) is 32.1 Å². The maximum atomic E-state index is 5.26. The van der Waals surface area contributed by atoms with E-state index in [0.29, 0.717) is 6.01 Å². The van der Waals surface area contributed by atoms with Gasteiger partial charge in [-0.2, -0.15) is 9.97 Å². The quantitative estimate of drug-likeness (QED) is 0.803. The first-order valence-electron chi connectivity index (χ1n) is 6.86. The molecule has 0 bridgehead atoms. The number of piperazine rings is 1. The summed E-state index contributed by atoms with van der Waals surface area (Å²) in [5, 5.41) is 3.38. The Morgan fingerprint density at radius 3 is 2.68 bits per heavy atom. The largest absolute Gasteiger partial charge is 0.467 e. The van der Waals surface area contributed by atoms with Gasteiger partial charge < -0.3 is 19.9 Å². The summed E-state index contributed by atoms with van der Waals surface area (Å²) in [6.45, 7) is 5.99. The number of nitrogens with one attached hydrogen (secondary N) is 1. The Morgan fingerprint density at radius 2 is 1.95 bits per heavy atom. The molecule has 6 heteroatoms. The van der Waals surface area contributed by atoms with Gasteiger partial charge in [0.25, 0.3) is 0 Å². The monoisotopic (exact) mass is 263 g/mol. The molecule has 1 fully saturated rings. The molecule has 0 radical (unpaired) electrons. The molecule has 6 nitrogen and oxygen atoms in total. The van der Waals surface area contributed by atoms with Crippen LogP contribution in [0.25, 0.3) is 0 Å². The number of methoxy groups -OCH3 is 1.